The van der Waals surface area contributed by atoms with E-state index in [-0.39, 0.29) is 29.3 Å². The molecule has 0 bridgehead atoms. The molecular weight excluding hydrogens is 423 g/mol. The maximum Gasteiger partial charge on any atom is 0.235 e. The van der Waals surface area contributed by atoms with Gasteiger partial charge < -0.3 is 10.2 Å². The molecule has 11 heteroatoms. The molecule has 0 radical (unpaired) electrons. The second kappa shape index (κ2) is 8.75. The Morgan fingerprint density at radius 1 is 1.39 bits per heavy atom. The molecule has 3 rings (SSSR count). The third-order valence-electron chi connectivity index (χ3n) is 4.49. The summed E-state index contributed by atoms with van der Waals surface area (Å²) >= 11 is 2.63. The van der Waals surface area contributed by atoms with Gasteiger partial charge in [-0.2, -0.15) is 0 Å². The smallest absolute Gasteiger partial charge is 0.235 e. The number of benzene rings is 1. The Labute approximate surface area is 171 Å². The summed E-state index contributed by atoms with van der Waals surface area (Å²) in [4.78, 5) is 14.1. The molecule has 0 saturated carbocycles. The fourth-order valence-electron chi connectivity index (χ4n) is 2.86. The normalized spacial score (nSPS) is 19.3. The minimum Gasteiger partial charge on any atom is -0.356 e. The number of sulfone groups is 1. The fourth-order valence-corrected chi connectivity index (χ4v) is 6.63. The molecule has 2 heterocycles. The van der Waals surface area contributed by atoms with Crippen molar-refractivity contribution < 1.29 is 17.6 Å². The van der Waals surface area contributed by atoms with Gasteiger partial charge >= 0.3 is 0 Å². The van der Waals surface area contributed by atoms with E-state index in [4.69, 9.17) is 0 Å². The van der Waals surface area contributed by atoms with Gasteiger partial charge in [-0.3, -0.25) is 4.79 Å². The molecule has 0 spiro atoms. The Hall–Kier alpha value is -1.72. The quantitative estimate of drug-likeness (QED) is 0.656. The van der Waals surface area contributed by atoms with Crippen LogP contribution in [0.5, 0.6) is 0 Å². The van der Waals surface area contributed by atoms with E-state index in [1.54, 1.807) is 26.1 Å². The van der Waals surface area contributed by atoms with E-state index in [0.717, 1.165) is 5.56 Å². The number of hydrogen-bond acceptors (Lipinski definition) is 8. The zero-order valence-electron chi connectivity index (χ0n) is 15.5. The van der Waals surface area contributed by atoms with Gasteiger partial charge in [0.15, 0.2) is 14.2 Å². The lowest BCUT2D eigenvalue weighted by Gasteiger charge is -2.25. The van der Waals surface area contributed by atoms with Crippen molar-refractivity contribution in [3.63, 3.8) is 0 Å². The topological polar surface area (TPSA) is 92.3 Å². The standard InChI is InChI=1S/C17H21FN4O3S3/c1-11(15(23)22(2)14-7-8-28(24,25)10-14)26-17-21-20-16(27-17)19-9-12-3-5-13(18)6-4-12/h3-6,11,14H,7-10H2,1-2H3,(H,19,20)/t11-,14+/m1/s1. The Kier molecular flexibility index (Phi) is 6.56. The highest BCUT2D eigenvalue weighted by Crippen LogP contribution is 2.30. The van der Waals surface area contributed by atoms with E-state index in [0.29, 0.717) is 22.4 Å². The largest absolute Gasteiger partial charge is 0.356 e. The highest BCUT2D eigenvalue weighted by atomic mass is 32.2. The van der Waals surface area contributed by atoms with E-state index in [1.165, 1.54) is 40.1 Å². The molecule has 0 unspecified atom stereocenters. The first kappa shape index (κ1) is 21.0. The van der Waals surface area contributed by atoms with Crippen LogP contribution in [0.25, 0.3) is 0 Å². The number of anilines is 1. The molecule has 1 fully saturated rings. The molecular formula is C17H21FN4O3S3. The van der Waals surface area contributed by atoms with Gasteiger partial charge in [-0.1, -0.05) is 35.2 Å². The number of hydrogen-bond donors (Lipinski definition) is 1. The number of thioether (sulfide) groups is 1. The van der Waals surface area contributed by atoms with Crippen LogP contribution in [-0.4, -0.2) is 59.3 Å². The minimum atomic E-state index is -3.04. The lowest BCUT2D eigenvalue weighted by Crippen LogP contribution is -2.41. The zero-order valence-corrected chi connectivity index (χ0v) is 17.9. The van der Waals surface area contributed by atoms with Crippen LogP contribution in [0.1, 0.15) is 18.9 Å². The second-order valence-electron chi connectivity index (χ2n) is 6.62. The molecule has 2 atom stereocenters. The Bertz CT molecular complexity index is 933. The first-order valence-electron chi connectivity index (χ1n) is 8.69. The van der Waals surface area contributed by atoms with Crippen LogP contribution in [0.2, 0.25) is 0 Å². The van der Waals surface area contributed by atoms with E-state index < -0.39 is 15.1 Å². The number of carbonyl (C=O) groups is 1. The van der Waals surface area contributed by atoms with Crippen molar-refractivity contribution in [1.29, 1.82) is 0 Å². The first-order chi connectivity index (χ1) is 13.2. The van der Waals surface area contributed by atoms with Gasteiger partial charge in [0.1, 0.15) is 5.82 Å². The van der Waals surface area contributed by atoms with Gasteiger partial charge in [-0.25, -0.2) is 12.8 Å². The van der Waals surface area contributed by atoms with Gasteiger partial charge in [0.2, 0.25) is 11.0 Å². The average Bonchev–Trinajstić information content (AvgIpc) is 3.25. The highest BCUT2D eigenvalue weighted by molar-refractivity contribution is 8.02. The SMILES string of the molecule is C[C@@H](Sc1nnc(NCc2ccc(F)cc2)s1)C(=O)N(C)[C@H]1CCS(=O)(=O)C1. The molecule has 2 aromatic rings. The van der Waals surface area contributed by atoms with Gasteiger partial charge in [0.25, 0.3) is 0 Å². The summed E-state index contributed by atoms with van der Waals surface area (Å²) in [7, 11) is -1.38. The molecule has 0 aliphatic carbocycles. The van der Waals surface area contributed by atoms with E-state index in [2.05, 4.69) is 15.5 Å². The predicted molar refractivity (Wildman–Crippen MR) is 109 cm³/mol. The van der Waals surface area contributed by atoms with Gasteiger partial charge in [-0.15, -0.1) is 10.2 Å². The van der Waals surface area contributed by atoms with Crippen LogP contribution in [0.4, 0.5) is 9.52 Å². The number of halogens is 1. The maximum atomic E-state index is 12.9. The number of rotatable bonds is 7. The number of aromatic nitrogens is 2. The van der Waals surface area contributed by atoms with Crippen LogP contribution in [0.3, 0.4) is 0 Å². The second-order valence-corrected chi connectivity index (χ2v) is 11.4. The molecule has 1 saturated heterocycles. The summed E-state index contributed by atoms with van der Waals surface area (Å²) < 4.78 is 36.8. The van der Waals surface area contributed by atoms with Gasteiger partial charge in [0.05, 0.1) is 16.8 Å². The molecule has 1 N–H and O–H groups in total. The number of amides is 1. The number of nitrogens with one attached hydrogen (secondary N) is 1. The molecule has 1 aromatic heterocycles. The fraction of sp³-hybridized carbons (Fsp3) is 0.471. The molecule has 1 amide bonds. The summed E-state index contributed by atoms with van der Waals surface area (Å²) in [5, 5.41) is 11.5. The lowest BCUT2D eigenvalue weighted by molar-refractivity contribution is -0.130. The van der Waals surface area contributed by atoms with E-state index in [1.807, 2.05) is 0 Å². The van der Waals surface area contributed by atoms with Crippen molar-refractivity contribution in [1.82, 2.24) is 15.1 Å². The summed E-state index contributed by atoms with van der Waals surface area (Å²) in [5.74, 6) is -0.237. The van der Waals surface area contributed by atoms with Crippen molar-refractivity contribution >= 4 is 44.0 Å². The average molecular weight is 445 g/mol. The van der Waals surface area contributed by atoms with Crippen LogP contribution in [0, 0.1) is 5.82 Å². The van der Waals surface area contributed by atoms with Crippen LogP contribution in [-0.2, 0) is 21.2 Å². The Balaban J connectivity index is 1.52. The summed E-state index contributed by atoms with van der Waals surface area (Å²) in [6, 6.07) is 5.93. The zero-order chi connectivity index (χ0) is 20.3. The molecule has 152 valence electrons. The van der Waals surface area contributed by atoms with Crippen molar-refractivity contribution in [2.75, 3.05) is 23.9 Å². The monoisotopic (exact) mass is 444 g/mol. The molecule has 1 aromatic carbocycles. The maximum absolute atomic E-state index is 12.9. The molecule has 28 heavy (non-hydrogen) atoms. The minimum absolute atomic E-state index is 0.0306. The summed E-state index contributed by atoms with van der Waals surface area (Å²) in [5.41, 5.74) is 0.919. The summed E-state index contributed by atoms with van der Waals surface area (Å²) in [6.45, 7) is 2.27. The highest BCUT2D eigenvalue weighted by Gasteiger charge is 2.34. The van der Waals surface area contributed by atoms with Gasteiger partial charge in [-0.05, 0) is 31.0 Å². The van der Waals surface area contributed by atoms with Crippen LogP contribution < -0.4 is 5.32 Å². The lowest BCUT2D eigenvalue weighted by atomic mass is 10.2. The number of nitrogens with zero attached hydrogens (tertiary/aromatic N) is 3. The van der Waals surface area contributed by atoms with E-state index >= 15 is 0 Å². The summed E-state index contributed by atoms with van der Waals surface area (Å²) in [6.07, 6.45) is 0.484. The third-order valence-corrected chi connectivity index (χ3v) is 8.30. The van der Waals surface area contributed by atoms with Crippen molar-refractivity contribution in [3.05, 3.63) is 35.6 Å². The predicted octanol–water partition coefficient (Wildman–Crippen LogP) is 2.42. The third kappa shape index (κ3) is 5.42. The van der Waals surface area contributed by atoms with Crippen molar-refractivity contribution in [2.45, 2.75) is 35.5 Å². The molecule has 7 nitrogen and oxygen atoms in total. The van der Waals surface area contributed by atoms with Crippen LogP contribution in [0.15, 0.2) is 28.6 Å². The van der Waals surface area contributed by atoms with Crippen molar-refractivity contribution in [2.24, 2.45) is 0 Å². The van der Waals surface area contributed by atoms with Crippen LogP contribution >= 0.6 is 23.1 Å². The Morgan fingerprint density at radius 3 is 2.75 bits per heavy atom. The molecule has 1 aliphatic rings. The number of carbonyl (C=O) groups excluding carboxylic acids is 1. The molecule has 1 aliphatic heterocycles. The van der Waals surface area contributed by atoms with Crippen molar-refractivity contribution in [3.8, 4) is 0 Å². The Morgan fingerprint density at radius 2 is 2.11 bits per heavy atom. The first-order valence-corrected chi connectivity index (χ1v) is 12.2. The van der Waals surface area contributed by atoms with E-state index in [9.17, 15) is 17.6 Å². The van der Waals surface area contributed by atoms with Gasteiger partial charge in [0, 0.05) is 19.6 Å².